The lowest BCUT2D eigenvalue weighted by molar-refractivity contribution is -0.114. The van der Waals surface area contributed by atoms with Crippen LogP contribution >= 0.6 is 0 Å². The van der Waals surface area contributed by atoms with Gasteiger partial charge in [0.05, 0.1) is 12.6 Å². The third-order valence-electron chi connectivity index (χ3n) is 5.79. The number of carbonyl (C=O) groups excluding carboxylic acids is 2. The Morgan fingerprint density at radius 2 is 1.80 bits per heavy atom. The topological polar surface area (TPSA) is 79.9 Å². The molecule has 0 radical (unpaired) electrons. The maximum atomic E-state index is 13.1. The first kappa shape index (κ1) is 24.3. The van der Waals surface area contributed by atoms with E-state index in [1.807, 2.05) is 73.7 Å². The highest BCUT2D eigenvalue weighted by atomic mass is 16.5. The summed E-state index contributed by atoms with van der Waals surface area (Å²) in [6.45, 7) is 3.92. The fraction of sp³-hybridized carbons (Fsp3) is 0.286. The van der Waals surface area contributed by atoms with Crippen LogP contribution in [0.5, 0.6) is 5.75 Å². The molecular weight excluding hydrogens is 442 g/mol. The predicted octanol–water partition coefficient (Wildman–Crippen LogP) is 4.96. The summed E-state index contributed by atoms with van der Waals surface area (Å²) in [4.78, 5) is 27.2. The van der Waals surface area contributed by atoms with Gasteiger partial charge in [-0.25, -0.2) is 0 Å². The molecule has 7 nitrogen and oxygen atoms in total. The first-order valence-electron chi connectivity index (χ1n) is 12.0. The van der Waals surface area contributed by atoms with Crippen LogP contribution in [-0.4, -0.2) is 44.2 Å². The van der Waals surface area contributed by atoms with Crippen molar-refractivity contribution in [2.75, 3.05) is 41.8 Å². The van der Waals surface area contributed by atoms with Gasteiger partial charge in [-0.15, -0.1) is 0 Å². The Morgan fingerprint density at radius 1 is 1.00 bits per heavy atom. The van der Waals surface area contributed by atoms with E-state index in [0.29, 0.717) is 30.1 Å². The lowest BCUT2D eigenvalue weighted by atomic mass is 10.1. The van der Waals surface area contributed by atoms with Crippen LogP contribution < -0.4 is 20.3 Å². The molecule has 3 aromatic carbocycles. The average Bonchev–Trinajstić information content (AvgIpc) is 3.42. The molecule has 1 fully saturated rings. The van der Waals surface area contributed by atoms with Crippen LogP contribution in [0.2, 0.25) is 0 Å². The number of hydrogen-bond acceptors (Lipinski definition) is 5. The average molecular weight is 474 g/mol. The molecule has 2 amide bonds. The summed E-state index contributed by atoms with van der Waals surface area (Å²) in [5, 5.41) is 5.96. The number of nitrogens with zero attached hydrogens (tertiary/aromatic N) is 1. The number of hydrogen-bond donors (Lipinski definition) is 2. The quantitative estimate of drug-likeness (QED) is 0.435. The van der Waals surface area contributed by atoms with Crippen LogP contribution in [0.25, 0.3) is 0 Å². The molecule has 182 valence electrons. The summed E-state index contributed by atoms with van der Waals surface area (Å²) in [6.07, 6.45) is 2.28. The highest BCUT2D eigenvalue weighted by molar-refractivity contribution is 6.06. The van der Waals surface area contributed by atoms with E-state index >= 15 is 0 Å². The molecule has 0 aromatic heterocycles. The molecule has 0 aliphatic carbocycles. The van der Waals surface area contributed by atoms with E-state index in [1.165, 1.54) is 0 Å². The van der Waals surface area contributed by atoms with Gasteiger partial charge >= 0.3 is 0 Å². The van der Waals surface area contributed by atoms with Crippen LogP contribution in [0.1, 0.15) is 30.1 Å². The zero-order valence-corrected chi connectivity index (χ0v) is 19.9. The van der Waals surface area contributed by atoms with Crippen molar-refractivity contribution in [3.05, 3.63) is 84.4 Å². The van der Waals surface area contributed by atoms with Gasteiger partial charge < -0.3 is 25.0 Å². The third kappa shape index (κ3) is 6.83. The van der Waals surface area contributed by atoms with E-state index < -0.39 is 0 Å². The highest BCUT2D eigenvalue weighted by Crippen LogP contribution is 2.20. The zero-order valence-electron chi connectivity index (χ0n) is 19.9. The molecule has 0 bridgehead atoms. The molecule has 1 unspecified atom stereocenters. The largest absolute Gasteiger partial charge is 0.491 e. The Hall–Kier alpha value is -3.84. The second kappa shape index (κ2) is 12.0. The number of benzene rings is 3. The monoisotopic (exact) mass is 473 g/mol. The van der Waals surface area contributed by atoms with Gasteiger partial charge in [-0.3, -0.25) is 9.59 Å². The fourth-order valence-electron chi connectivity index (χ4n) is 3.96. The van der Waals surface area contributed by atoms with E-state index in [9.17, 15) is 9.59 Å². The van der Waals surface area contributed by atoms with E-state index in [2.05, 4.69) is 10.6 Å². The van der Waals surface area contributed by atoms with Crippen molar-refractivity contribution < 1.29 is 19.1 Å². The Balaban J connectivity index is 1.28. The fourth-order valence-corrected chi connectivity index (χ4v) is 3.96. The molecule has 7 heteroatoms. The summed E-state index contributed by atoms with van der Waals surface area (Å²) in [6, 6.07) is 24.0. The van der Waals surface area contributed by atoms with Crippen molar-refractivity contribution in [2.45, 2.75) is 25.9 Å². The number of ether oxygens (including phenoxy) is 2. The standard InChI is InChI=1S/C28H31N3O4/c1-2-31(24-10-4-3-5-11-24)28(33)21-8-6-9-23(18-21)29-19-27(32)30-22-13-15-25(16-14-22)35-20-26-12-7-17-34-26/h3-6,8-11,13-16,18,26,29H,2,7,12,17,19-20H2,1H3,(H,30,32). The highest BCUT2D eigenvalue weighted by Gasteiger charge is 2.17. The Kier molecular flexibility index (Phi) is 8.35. The molecule has 1 saturated heterocycles. The molecule has 2 N–H and O–H groups in total. The van der Waals surface area contributed by atoms with Gasteiger partial charge in [0.1, 0.15) is 12.4 Å². The summed E-state index contributed by atoms with van der Waals surface area (Å²) in [5.41, 5.74) is 2.79. The molecule has 1 atom stereocenters. The minimum Gasteiger partial charge on any atom is -0.491 e. The number of carbonyl (C=O) groups is 2. The van der Waals surface area contributed by atoms with Gasteiger partial charge in [0.25, 0.3) is 5.91 Å². The number of anilines is 3. The molecule has 4 rings (SSSR count). The van der Waals surface area contributed by atoms with Gasteiger partial charge in [0, 0.05) is 35.8 Å². The van der Waals surface area contributed by atoms with Gasteiger partial charge in [-0.05, 0) is 74.4 Å². The van der Waals surface area contributed by atoms with Crippen molar-refractivity contribution in [3.63, 3.8) is 0 Å². The molecule has 1 aliphatic heterocycles. The number of rotatable bonds is 10. The van der Waals surface area contributed by atoms with Crippen LogP contribution in [0, 0.1) is 0 Å². The number of nitrogens with one attached hydrogen (secondary N) is 2. The summed E-state index contributed by atoms with van der Waals surface area (Å²) in [7, 11) is 0. The number of para-hydroxylation sites is 1. The van der Waals surface area contributed by atoms with Gasteiger partial charge in [-0.1, -0.05) is 24.3 Å². The van der Waals surface area contributed by atoms with E-state index in [1.54, 1.807) is 17.0 Å². The lowest BCUT2D eigenvalue weighted by Crippen LogP contribution is -2.30. The Labute approximate surface area is 206 Å². The molecular formula is C28H31N3O4. The summed E-state index contributed by atoms with van der Waals surface area (Å²) in [5.74, 6) is 0.470. The Bertz CT molecular complexity index is 1110. The normalized spacial score (nSPS) is 14.8. The summed E-state index contributed by atoms with van der Waals surface area (Å²) >= 11 is 0. The first-order chi connectivity index (χ1) is 17.1. The molecule has 0 saturated carbocycles. The molecule has 1 aliphatic rings. The SMILES string of the molecule is CCN(C(=O)c1cccc(NCC(=O)Nc2ccc(OCC3CCCO3)cc2)c1)c1ccccc1. The second-order valence-corrected chi connectivity index (χ2v) is 8.34. The van der Waals surface area contributed by atoms with Crippen LogP contribution in [0.3, 0.4) is 0 Å². The van der Waals surface area contributed by atoms with Crippen molar-refractivity contribution >= 4 is 28.9 Å². The second-order valence-electron chi connectivity index (χ2n) is 8.34. The van der Waals surface area contributed by atoms with Gasteiger partial charge in [-0.2, -0.15) is 0 Å². The zero-order chi connectivity index (χ0) is 24.5. The van der Waals surface area contributed by atoms with E-state index in [-0.39, 0.29) is 24.5 Å². The minimum absolute atomic E-state index is 0.0745. The first-order valence-corrected chi connectivity index (χ1v) is 12.0. The minimum atomic E-state index is -0.186. The van der Waals surface area contributed by atoms with Crippen LogP contribution in [0.4, 0.5) is 17.1 Å². The molecule has 1 heterocycles. The maximum Gasteiger partial charge on any atom is 0.258 e. The lowest BCUT2D eigenvalue weighted by Gasteiger charge is -2.21. The van der Waals surface area contributed by atoms with Crippen molar-refractivity contribution in [1.82, 2.24) is 0 Å². The van der Waals surface area contributed by atoms with Gasteiger partial charge in [0.2, 0.25) is 5.91 Å². The van der Waals surface area contributed by atoms with Crippen molar-refractivity contribution in [3.8, 4) is 5.75 Å². The summed E-state index contributed by atoms with van der Waals surface area (Å²) < 4.78 is 11.3. The molecule has 35 heavy (non-hydrogen) atoms. The van der Waals surface area contributed by atoms with E-state index in [0.717, 1.165) is 30.9 Å². The third-order valence-corrected chi connectivity index (χ3v) is 5.79. The van der Waals surface area contributed by atoms with Crippen molar-refractivity contribution in [2.24, 2.45) is 0 Å². The molecule has 3 aromatic rings. The van der Waals surface area contributed by atoms with Crippen LogP contribution in [-0.2, 0) is 9.53 Å². The Morgan fingerprint density at radius 3 is 2.51 bits per heavy atom. The predicted molar refractivity (Wildman–Crippen MR) is 138 cm³/mol. The van der Waals surface area contributed by atoms with E-state index in [4.69, 9.17) is 9.47 Å². The molecule has 0 spiro atoms. The maximum absolute atomic E-state index is 13.1. The van der Waals surface area contributed by atoms with Crippen LogP contribution in [0.15, 0.2) is 78.9 Å². The van der Waals surface area contributed by atoms with Crippen molar-refractivity contribution in [1.29, 1.82) is 0 Å². The number of amides is 2. The smallest absolute Gasteiger partial charge is 0.258 e. The van der Waals surface area contributed by atoms with Gasteiger partial charge in [0.15, 0.2) is 0 Å².